The molecule has 1 fully saturated rings. The van der Waals surface area contributed by atoms with Crippen molar-refractivity contribution in [2.24, 2.45) is 0 Å². The van der Waals surface area contributed by atoms with Crippen LogP contribution in [-0.4, -0.2) is 19.8 Å². The van der Waals surface area contributed by atoms with Gasteiger partial charge in [0, 0.05) is 29.0 Å². The molecule has 1 aliphatic rings. The molecule has 0 unspecified atom stereocenters. The van der Waals surface area contributed by atoms with Gasteiger partial charge < -0.3 is 19.9 Å². The first kappa shape index (κ1) is 22.2. The molecular formula is C28H28N4OS. The molecule has 2 atom stereocenters. The summed E-state index contributed by atoms with van der Waals surface area (Å²) >= 11 is 5.84. The molecule has 0 spiro atoms. The van der Waals surface area contributed by atoms with Gasteiger partial charge in [-0.2, -0.15) is 0 Å². The zero-order valence-electron chi connectivity index (χ0n) is 19.8. The molecule has 172 valence electrons. The van der Waals surface area contributed by atoms with Gasteiger partial charge in [-0.15, -0.1) is 0 Å². The average molecular weight is 469 g/mol. The summed E-state index contributed by atoms with van der Waals surface area (Å²) in [5.74, 6) is 0.229. The Balaban J connectivity index is 1.70. The van der Waals surface area contributed by atoms with Crippen LogP contribution >= 0.6 is 12.2 Å². The number of nitrogens with zero attached hydrogens (tertiary/aromatic N) is 3. The Bertz CT molecular complexity index is 1360. The molecule has 0 bridgehead atoms. The molecule has 2 aromatic heterocycles. The number of aromatic hydroxyl groups is 1. The maximum atomic E-state index is 9.86. The van der Waals surface area contributed by atoms with Crippen molar-refractivity contribution in [1.29, 1.82) is 0 Å². The number of anilines is 1. The molecule has 5 rings (SSSR count). The van der Waals surface area contributed by atoms with E-state index in [1.54, 1.807) is 12.1 Å². The van der Waals surface area contributed by atoms with Crippen LogP contribution in [0.4, 0.5) is 5.69 Å². The van der Waals surface area contributed by atoms with Crippen LogP contribution < -0.4 is 10.2 Å². The molecule has 1 saturated heterocycles. The number of aryl methyl sites for hydroxylation is 2. The zero-order chi connectivity index (χ0) is 24.0. The third-order valence-corrected chi connectivity index (χ3v) is 7.15. The molecule has 1 aliphatic heterocycles. The minimum Gasteiger partial charge on any atom is -0.508 e. The molecule has 0 aliphatic carbocycles. The summed E-state index contributed by atoms with van der Waals surface area (Å²) in [6.07, 6.45) is 1.82. The maximum Gasteiger partial charge on any atom is 0.174 e. The highest BCUT2D eigenvalue weighted by Gasteiger charge is 2.42. The van der Waals surface area contributed by atoms with Gasteiger partial charge in [0.15, 0.2) is 5.11 Å². The van der Waals surface area contributed by atoms with Gasteiger partial charge in [0.05, 0.1) is 17.8 Å². The summed E-state index contributed by atoms with van der Waals surface area (Å²) < 4.78 is 2.34. The maximum absolute atomic E-state index is 9.86. The third kappa shape index (κ3) is 3.64. The summed E-state index contributed by atoms with van der Waals surface area (Å²) in [5, 5.41) is 14.0. The fraction of sp³-hybridized carbons (Fsp3) is 0.214. The van der Waals surface area contributed by atoms with E-state index < -0.39 is 0 Å². The lowest BCUT2D eigenvalue weighted by atomic mass is 9.96. The van der Waals surface area contributed by atoms with Crippen LogP contribution in [0.5, 0.6) is 5.75 Å². The Morgan fingerprint density at radius 3 is 2.41 bits per heavy atom. The minimum atomic E-state index is -0.116. The van der Waals surface area contributed by atoms with Gasteiger partial charge in [-0.05, 0) is 105 Å². The summed E-state index contributed by atoms with van der Waals surface area (Å²) in [5.41, 5.74) is 9.13. The van der Waals surface area contributed by atoms with E-state index in [0.717, 1.165) is 11.4 Å². The fourth-order valence-corrected chi connectivity index (χ4v) is 5.34. The van der Waals surface area contributed by atoms with Crippen molar-refractivity contribution in [3.05, 3.63) is 107 Å². The van der Waals surface area contributed by atoms with Gasteiger partial charge in [0.2, 0.25) is 0 Å². The van der Waals surface area contributed by atoms with Gasteiger partial charge in [0.25, 0.3) is 0 Å². The van der Waals surface area contributed by atoms with Crippen LogP contribution in [0, 0.1) is 27.7 Å². The van der Waals surface area contributed by atoms with E-state index in [-0.39, 0.29) is 17.8 Å². The zero-order valence-corrected chi connectivity index (χ0v) is 20.6. The molecule has 0 radical (unpaired) electrons. The Labute approximate surface area is 205 Å². The first-order valence-corrected chi connectivity index (χ1v) is 11.8. The van der Waals surface area contributed by atoms with Gasteiger partial charge in [-0.3, -0.25) is 4.98 Å². The van der Waals surface area contributed by atoms with Crippen molar-refractivity contribution in [1.82, 2.24) is 14.9 Å². The summed E-state index contributed by atoms with van der Waals surface area (Å²) in [6, 6.07) is 21.7. The number of phenolic OH excluding ortho intramolecular Hbond substituents is 1. The van der Waals surface area contributed by atoms with E-state index in [1.807, 2.05) is 36.5 Å². The lowest BCUT2D eigenvalue weighted by Gasteiger charge is -2.28. The highest BCUT2D eigenvalue weighted by atomic mass is 32.1. The largest absolute Gasteiger partial charge is 0.508 e. The molecule has 5 nitrogen and oxygen atoms in total. The highest BCUT2D eigenvalue weighted by molar-refractivity contribution is 7.80. The summed E-state index contributed by atoms with van der Waals surface area (Å²) in [7, 11) is 0. The molecule has 6 heteroatoms. The van der Waals surface area contributed by atoms with Crippen molar-refractivity contribution in [2.75, 3.05) is 4.90 Å². The number of pyridine rings is 1. The molecule has 3 heterocycles. The second kappa shape index (κ2) is 8.61. The van der Waals surface area contributed by atoms with Crippen LogP contribution in [-0.2, 0) is 0 Å². The summed E-state index contributed by atoms with van der Waals surface area (Å²) in [6.45, 7) is 8.65. The SMILES string of the molecule is Cc1cccc(-n2c(C)cc([C@H]3[C@@H](c4ccccn4)NC(=S)N3c3ccc(O)cc3)c2C)c1C. The van der Waals surface area contributed by atoms with E-state index in [2.05, 4.69) is 71.7 Å². The fourth-order valence-electron chi connectivity index (χ4n) is 5.00. The van der Waals surface area contributed by atoms with Gasteiger partial charge in [0.1, 0.15) is 5.75 Å². The van der Waals surface area contributed by atoms with Gasteiger partial charge in [-0.1, -0.05) is 18.2 Å². The lowest BCUT2D eigenvalue weighted by molar-refractivity contribution is 0.475. The Kier molecular flexibility index (Phi) is 5.62. The van der Waals surface area contributed by atoms with Crippen LogP contribution in [0.25, 0.3) is 5.69 Å². The first-order chi connectivity index (χ1) is 16.4. The van der Waals surface area contributed by atoms with E-state index in [1.165, 1.54) is 33.8 Å². The summed E-state index contributed by atoms with van der Waals surface area (Å²) in [4.78, 5) is 6.80. The number of hydrogen-bond donors (Lipinski definition) is 2. The van der Waals surface area contributed by atoms with Crippen molar-refractivity contribution >= 4 is 23.0 Å². The highest BCUT2D eigenvalue weighted by Crippen LogP contribution is 2.44. The topological polar surface area (TPSA) is 53.3 Å². The van der Waals surface area contributed by atoms with E-state index in [4.69, 9.17) is 12.2 Å². The lowest BCUT2D eigenvalue weighted by Crippen LogP contribution is -2.29. The predicted molar refractivity (Wildman–Crippen MR) is 141 cm³/mol. The number of benzene rings is 2. The van der Waals surface area contributed by atoms with Crippen molar-refractivity contribution in [3.63, 3.8) is 0 Å². The predicted octanol–water partition coefficient (Wildman–Crippen LogP) is 5.99. The Morgan fingerprint density at radius 2 is 1.71 bits per heavy atom. The molecule has 2 aromatic carbocycles. The molecule has 2 N–H and O–H groups in total. The number of aromatic nitrogens is 2. The third-order valence-electron chi connectivity index (χ3n) is 6.83. The normalized spacial score (nSPS) is 17.8. The number of nitrogens with one attached hydrogen (secondary N) is 1. The second-order valence-electron chi connectivity index (χ2n) is 8.89. The number of thiocarbonyl (C=S) groups is 1. The second-order valence-corrected chi connectivity index (χ2v) is 9.28. The molecule has 0 saturated carbocycles. The molecule has 4 aromatic rings. The van der Waals surface area contributed by atoms with Gasteiger partial charge in [-0.25, -0.2) is 0 Å². The van der Waals surface area contributed by atoms with Crippen molar-refractivity contribution in [3.8, 4) is 11.4 Å². The molecule has 34 heavy (non-hydrogen) atoms. The van der Waals surface area contributed by atoms with Crippen LogP contribution in [0.2, 0.25) is 0 Å². The van der Waals surface area contributed by atoms with E-state index in [9.17, 15) is 5.11 Å². The molecular weight excluding hydrogens is 440 g/mol. The van der Waals surface area contributed by atoms with E-state index in [0.29, 0.717) is 5.11 Å². The quantitative estimate of drug-likeness (QED) is 0.361. The monoisotopic (exact) mass is 468 g/mol. The standard InChI is InChI=1S/C28H28N4OS/c1-17-8-7-10-25(19(17)3)31-18(2)16-23(20(31)4)27-26(24-9-5-6-15-29-24)30-28(34)32(27)21-11-13-22(33)14-12-21/h5-16,26-27,33H,1-4H3,(H,30,34)/t26-,27+/m1/s1. The molecule has 0 amide bonds. The van der Waals surface area contributed by atoms with Crippen LogP contribution in [0.1, 0.15) is 45.9 Å². The Morgan fingerprint density at radius 1 is 0.941 bits per heavy atom. The Hall–Kier alpha value is -3.64. The van der Waals surface area contributed by atoms with Gasteiger partial charge >= 0.3 is 0 Å². The first-order valence-electron chi connectivity index (χ1n) is 11.4. The van der Waals surface area contributed by atoms with Crippen LogP contribution in [0.3, 0.4) is 0 Å². The van der Waals surface area contributed by atoms with Crippen molar-refractivity contribution in [2.45, 2.75) is 39.8 Å². The minimum absolute atomic E-state index is 0.1000. The van der Waals surface area contributed by atoms with Crippen LogP contribution in [0.15, 0.2) is 72.9 Å². The number of hydrogen-bond acceptors (Lipinski definition) is 3. The van der Waals surface area contributed by atoms with Crippen molar-refractivity contribution < 1.29 is 5.11 Å². The number of phenols is 1. The smallest absolute Gasteiger partial charge is 0.174 e. The average Bonchev–Trinajstić information content (AvgIpc) is 3.32. The number of rotatable bonds is 4. The van der Waals surface area contributed by atoms with E-state index >= 15 is 0 Å².